The molecule has 1 saturated carbocycles. The fourth-order valence-electron chi connectivity index (χ4n) is 2.93. The van der Waals surface area contributed by atoms with Crippen molar-refractivity contribution in [3.05, 3.63) is 30.1 Å². The summed E-state index contributed by atoms with van der Waals surface area (Å²) >= 11 is 0. The van der Waals surface area contributed by atoms with Crippen molar-refractivity contribution in [2.75, 3.05) is 13.1 Å². The summed E-state index contributed by atoms with van der Waals surface area (Å²) in [5.41, 5.74) is 2.12. The molecule has 2 aliphatic rings. The lowest BCUT2D eigenvalue weighted by molar-refractivity contribution is 0.000862. The Kier molecular flexibility index (Phi) is 1.84. The molecular weight excluding hydrogens is 172 g/mol. The van der Waals surface area contributed by atoms with Gasteiger partial charge in [0.1, 0.15) is 0 Å². The van der Waals surface area contributed by atoms with Gasteiger partial charge in [0.05, 0.1) is 0 Å². The predicted octanol–water partition coefficient (Wildman–Crippen LogP) is 1.62. The summed E-state index contributed by atoms with van der Waals surface area (Å²) in [5, 5.41) is 3.38. The normalized spacial score (nSPS) is 24.3. The van der Waals surface area contributed by atoms with Crippen molar-refractivity contribution in [3.8, 4) is 0 Å². The van der Waals surface area contributed by atoms with E-state index in [9.17, 15) is 0 Å². The monoisotopic (exact) mass is 188 g/mol. The molecule has 2 nitrogen and oxygen atoms in total. The van der Waals surface area contributed by atoms with Crippen LogP contribution in [-0.2, 0) is 6.42 Å². The summed E-state index contributed by atoms with van der Waals surface area (Å²) in [6.07, 6.45) is 7.94. The second-order valence-electron chi connectivity index (χ2n) is 4.94. The van der Waals surface area contributed by atoms with E-state index in [0.717, 1.165) is 5.92 Å². The van der Waals surface area contributed by atoms with E-state index in [1.54, 1.807) is 0 Å². The Morgan fingerprint density at radius 3 is 2.86 bits per heavy atom. The number of hydrogen-bond donors (Lipinski definition) is 1. The lowest BCUT2D eigenvalue weighted by Crippen LogP contribution is -2.60. The van der Waals surface area contributed by atoms with Crippen LogP contribution in [0.25, 0.3) is 0 Å². The van der Waals surface area contributed by atoms with Crippen LogP contribution in [0.3, 0.4) is 0 Å². The van der Waals surface area contributed by atoms with E-state index in [1.165, 1.54) is 37.9 Å². The smallest absolute Gasteiger partial charge is 0.0299 e. The standard InChI is InChI=1S/C12H16N2/c1-2-10(7-13-3-1)4-11-5-12(6-11)8-14-9-12/h1-3,7,11,14H,4-6,8-9H2. The van der Waals surface area contributed by atoms with Crippen LogP contribution >= 0.6 is 0 Å². The Labute approximate surface area is 84.7 Å². The highest BCUT2D eigenvalue weighted by Gasteiger charge is 2.47. The fourth-order valence-corrected chi connectivity index (χ4v) is 2.93. The van der Waals surface area contributed by atoms with E-state index in [4.69, 9.17) is 0 Å². The van der Waals surface area contributed by atoms with Gasteiger partial charge < -0.3 is 5.32 Å². The highest BCUT2D eigenvalue weighted by Crippen LogP contribution is 2.49. The topological polar surface area (TPSA) is 24.9 Å². The SMILES string of the molecule is c1cncc(CC2CC3(CNC3)C2)c1. The molecule has 14 heavy (non-hydrogen) atoms. The van der Waals surface area contributed by atoms with E-state index >= 15 is 0 Å². The Morgan fingerprint density at radius 2 is 2.29 bits per heavy atom. The predicted molar refractivity (Wildman–Crippen MR) is 56.0 cm³/mol. The molecule has 0 amide bonds. The fraction of sp³-hybridized carbons (Fsp3) is 0.583. The largest absolute Gasteiger partial charge is 0.316 e. The van der Waals surface area contributed by atoms with Crippen molar-refractivity contribution in [2.24, 2.45) is 11.3 Å². The average molecular weight is 188 g/mol. The van der Waals surface area contributed by atoms with Gasteiger partial charge in [-0.2, -0.15) is 0 Å². The van der Waals surface area contributed by atoms with Crippen molar-refractivity contribution in [1.29, 1.82) is 0 Å². The van der Waals surface area contributed by atoms with Crippen molar-refractivity contribution >= 4 is 0 Å². The molecule has 1 spiro atoms. The molecular formula is C12H16N2. The molecule has 3 rings (SSSR count). The van der Waals surface area contributed by atoms with Gasteiger partial charge >= 0.3 is 0 Å². The molecule has 1 aliphatic heterocycles. The summed E-state index contributed by atoms with van der Waals surface area (Å²) in [4.78, 5) is 4.15. The second-order valence-corrected chi connectivity index (χ2v) is 4.94. The van der Waals surface area contributed by atoms with Crippen LogP contribution in [0.15, 0.2) is 24.5 Å². The number of nitrogens with one attached hydrogen (secondary N) is 1. The molecule has 2 heteroatoms. The molecule has 1 aromatic rings. The van der Waals surface area contributed by atoms with E-state index in [1.807, 2.05) is 18.5 Å². The summed E-state index contributed by atoms with van der Waals surface area (Å²) in [6.45, 7) is 2.52. The zero-order valence-electron chi connectivity index (χ0n) is 8.37. The van der Waals surface area contributed by atoms with Crippen molar-refractivity contribution in [2.45, 2.75) is 19.3 Å². The molecule has 1 N–H and O–H groups in total. The number of aromatic nitrogens is 1. The molecule has 0 radical (unpaired) electrons. The average Bonchev–Trinajstić information content (AvgIpc) is 2.09. The molecule has 1 saturated heterocycles. The van der Waals surface area contributed by atoms with Gasteiger partial charge in [0.15, 0.2) is 0 Å². The van der Waals surface area contributed by atoms with Crippen LogP contribution in [-0.4, -0.2) is 18.1 Å². The Balaban J connectivity index is 1.56. The first kappa shape index (κ1) is 8.42. The van der Waals surface area contributed by atoms with Crippen molar-refractivity contribution < 1.29 is 0 Å². The summed E-state index contributed by atoms with van der Waals surface area (Å²) in [7, 11) is 0. The minimum Gasteiger partial charge on any atom is -0.316 e. The van der Waals surface area contributed by atoms with Gasteiger partial charge in [0, 0.05) is 25.5 Å². The van der Waals surface area contributed by atoms with Crippen molar-refractivity contribution in [1.82, 2.24) is 10.3 Å². The minimum atomic E-state index is 0.715. The third-order valence-corrected chi connectivity index (χ3v) is 3.69. The molecule has 0 unspecified atom stereocenters. The second kappa shape index (κ2) is 3.06. The van der Waals surface area contributed by atoms with Crippen LogP contribution < -0.4 is 5.32 Å². The first-order valence-electron chi connectivity index (χ1n) is 5.46. The molecule has 1 aromatic heterocycles. The third-order valence-electron chi connectivity index (χ3n) is 3.69. The van der Waals surface area contributed by atoms with Gasteiger partial charge in [0.25, 0.3) is 0 Å². The van der Waals surface area contributed by atoms with E-state index < -0.39 is 0 Å². The molecule has 2 heterocycles. The van der Waals surface area contributed by atoms with Gasteiger partial charge in [-0.1, -0.05) is 6.07 Å². The van der Waals surface area contributed by atoms with Gasteiger partial charge in [-0.05, 0) is 42.2 Å². The number of nitrogens with zero attached hydrogens (tertiary/aromatic N) is 1. The van der Waals surface area contributed by atoms with Crippen LogP contribution in [0.4, 0.5) is 0 Å². The maximum atomic E-state index is 4.15. The highest BCUT2D eigenvalue weighted by atomic mass is 15.0. The first-order valence-corrected chi connectivity index (χ1v) is 5.46. The van der Waals surface area contributed by atoms with Gasteiger partial charge in [0.2, 0.25) is 0 Å². The van der Waals surface area contributed by atoms with Gasteiger partial charge in [-0.15, -0.1) is 0 Å². The number of pyridine rings is 1. The third kappa shape index (κ3) is 1.34. The van der Waals surface area contributed by atoms with Crippen molar-refractivity contribution in [3.63, 3.8) is 0 Å². The van der Waals surface area contributed by atoms with E-state index in [2.05, 4.69) is 16.4 Å². The van der Waals surface area contributed by atoms with E-state index in [-0.39, 0.29) is 0 Å². The van der Waals surface area contributed by atoms with Crippen LogP contribution in [0, 0.1) is 11.3 Å². The highest BCUT2D eigenvalue weighted by molar-refractivity contribution is 5.12. The maximum absolute atomic E-state index is 4.15. The Morgan fingerprint density at radius 1 is 1.43 bits per heavy atom. The number of hydrogen-bond acceptors (Lipinski definition) is 2. The lowest BCUT2D eigenvalue weighted by atomic mass is 9.57. The van der Waals surface area contributed by atoms with Gasteiger partial charge in [-0.25, -0.2) is 0 Å². The molecule has 0 atom stereocenters. The molecule has 0 bridgehead atoms. The zero-order chi connectivity index (χ0) is 9.43. The Hall–Kier alpha value is -0.890. The summed E-state index contributed by atoms with van der Waals surface area (Å²) < 4.78 is 0. The number of rotatable bonds is 2. The first-order chi connectivity index (χ1) is 6.86. The quantitative estimate of drug-likeness (QED) is 0.763. The zero-order valence-corrected chi connectivity index (χ0v) is 8.37. The molecule has 1 aliphatic carbocycles. The van der Waals surface area contributed by atoms with E-state index in [0.29, 0.717) is 5.41 Å². The van der Waals surface area contributed by atoms with Crippen LogP contribution in [0.1, 0.15) is 18.4 Å². The lowest BCUT2D eigenvalue weighted by Gasteiger charge is -2.54. The summed E-state index contributed by atoms with van der Waals surface area (Å²) in [6, 6.07) is 4.23. The molecule has 2 fully saturated rings. The van der Waals surface area contributed by atoms with Crippen LogP contribution in [0.5, 0.6) is 0 Å². The minimum absolute atomic E-state index is 0.715. The maximum Gasteiger partial charge on any atom is 0.0299 e. The molecule has 0 aromatic carbocycles. The van der Waals surface area contributed by atoms with Crippen LogP contribution in [0.2, 0.25) is 0 Å². The van der Waals surface area contributed by atoms with Gasteiger partial charge in [-0.3, -0.25) is 4.98 Å². The molecule has 74 valence electrons. The Bertz CT molecular complexity index is 308. The summed E-state index contributed by atoms with van der Waals surface area (Å²) in [5.74, 6) is 0.918.